The standard InChI is InChI=1S/C20H21N7O/c1-13(2)19-23-20(28-25-19)15-9-10-21-18(11-15)22-14(3)17-12-27(26-24-17)16-7-5-4-6-8-16/h4-14H,1-3H3,(H,21,22). The molecule has 8 nitrogen and oxygen atoms in total. The third-order valence-electron chi connectivity index (χ3n) is 4.30. The molecule has 0 amide bonds. The van der Waals surface area contributed by atoms with Crippen LogP contribution in [0.4, 0.5) is 5.82 Å². The number of para-hydroxylation sites is 1. The van der Waals surface area contributed by atoms with Crippen LogP contribution in [-0.4, -0.2) is 30.1 Å². The van der Waals surface area contributed by atoms with Gasteiger partial charge in [-0.2, -0.15) is 4.98 Å². The Balaban J connectivity index is 1.50. The summed E-state index contributed by atoms with van der Waals surface area (Å²) >= 11 is 0. The lowest BCUT2D eigenvalue weighted by molar-refractivity contribution is 0.419. The summed E-state index contributed by atoms with van der Waals surface area (Å²) in [6, 6.07) is 13.5. The lowest BCUT2D eigenvalue weighted by Gasteiger charge is -2.11. The van der Waals surface area contributed by atoms with Gasteiger partial charge in [-0.05, 0) is 31.2 Å². The third kappa shape index (κ3) is 3.75. The highest BCUT2D eigenvalue weighted by Gasteiger charge is 2.14. The molecule has 0 saturated carbocycles. The number of aromatic nitrogens is 6. The Morgan fingerprint density at radius 1 is 1.07 bits per heavy atom. The average Bonchev–Trinajstić information content (AvgIpc) is 3.39. The van der Waals surface area contributed by atoms with E-state index in [4.69, 9.17) is 4.52 Å². The fraction of sp³-hybridized carbons (Fsp3) is 0.250. The summed E-state index contributed by atoms with van der Waals surface area (Å²) in [6.07, 6.45) is 3.62. The fourth-order valence-corrected chi connectivity index (χ4v) is 2.71. The van der Waals surface area contributed by atoms with Crippen molar-refractivity contribution in [1.29, 1.82) is 0 Å². The van der Waals surface area contributed by atoms with Crippen LogP contribution in [0.25, 0.3) is 17.1 Å². The summed E-state index contributed by atoms with van der Waals surface area (Å²) in [4.78, 5) is 8.82. The van der Waals surface area contributed by atoms with Crippen LogP contribution in [0.3, 0.4) is 0 Å². The van der Waals surface area contributed by atoms with Crippen molar-refractivity contribution in [3.8, 4) is 17.1 Å². The maximum absolute atomic E-state index is 5.37. The normalized spacial score (nSPS) is 12.3. The molecule has 3 aromatic heterocycles. The molecule has 0 spiro atoms. The predicted molar refractivity (Wildman–Crippen MR) is 105 cm³/mol. The summed E-state index contributed by atoms with van der Waals surface area (Å²) in [7, 11) is 0. The van der Waals surface area contributed by atoms with Crippen molar-refractivity contribution in [2.75, 3.05) is 5.32 Å². The van der Waals surface area contributed by atoms with Crippen molar-refractivity contribution in [3.05, 3.63) is 66.4 Å². The van der Waals surface area contributed by atoms with Gasteiger partial charge >= 0.3 is 0 Å². The second-order valence-electron chi connectivity index (χ2n) is 6.83. The summed E-state index contributed by atoms with van der Waals surface area (Å²) in [5, 5.41) is 15.8. The van der Waals surface area contributed by atoms with Gasteiger partial charge in [-0.25, -0.2) is 9.67 Å². The SMILES string of the molecule is CC(C)c1noc(-c2ccnc(NC(C)c3cn(-c4ccccc4)nn3)c2)n1. The van der Waals surface area contributed by atoms with Crippen LogP contribution in [0.5, 0.6) is 0 Å². The van der Waals surface area contributed by atoms with Crippen molar-refractivity contribution < 1.29 is 4.52 Å². The molecule has 1 atom stereocenters. The molecule has 142 valence electrons. The van der Waals surface area contributed by atoms with E-state index in [9.17, 15) is 0 Å². The Hall–Kier alpha value is -3.55. The summed E-state index contributed by atoms with van der Waals surface area (Å²) in [5.74, 6) is 2.08. The molecule has 4 rings (SSSR count). The van der Waals surface area contributed by atoms with Crippen LogP contribution >= 0.6 is 0 Å². The third-order valence-corrected chi connectivity index (χ3v) is 4.30. The zero-order chi connectivity index (χ0) is 19.5. The zero-order valence-electron chi connectivity index (χ0n) is 15.9. The van der Waals surface area contributed by atoms with Gasteiger partial charge in [0.2, 0.25) is 0 Å². The molecule has 0 aliphatic heterocycles. The van der Waals surface area contributed by atoms with E-state index in [1.807, 2.05) is 69.4 Å². The number of anilines is 1. The lowest BCUT2D eigenvalue weighted by atomic mass is 10.2. The van der Waals surface area contributed by atoms with E-state index in [1.165, 1.54) is 0 Å². The van der Waals surface area contributed by atoms with Crippen molar-refractivity contribution in [1.82, 2.24) is 30.1 Å². The van der Waals surface area contributed by atoms with E-state index in [0.717, 1.165) is 16.9 Å². The molecule has 0 aliphatic rings. The molecule has 0 saturated heterocycles. The summed E-state index contributed by atoms with van der Waals surface area (Å²) < 4.78 is 7.12. The minimum Gasteiger partial charge on any atom is -0.362 e. The number of hydrogen-bond donors (Lipinski definition) is 1. The molecule has 0 aliphatic carbocycles. The van der Waals surface area contributed by atoms with Crippen molar-refractivity contribution in [2.24, 2.45) is 0 Å². The van der Waals surface area contributed by atoms with Gasteiger partial charge in [-0.15, -0.1) is 5.10 Å². The van der Waals surface area contributed by atoms with E-state index in [0.29, 0.717) is 17.5 Å². The first kappa shape index (κ1) is 17.8. The highest BCUT2D eigenvalue weighted by Crippen LogP contribution is 2.23. The van der Waals surface area contributed by atoms with Gasteiger partial charge in [0.15, 0.2) is 5.82 Å². The molecule has 1 N–H and O–H groups in total. The maximum atomic E-state index is 5.37. The molecule has 0 radical (unpaired) electrons. The lowest BCUT2D eigenvalue weighted by Crippen LogP contribution is -2.08. The van der Waals surface area contributed by atoms with Crippen LogP contribution in [-0.2, 0) is 0 Å². The Morgan fingerprint density at radius 3 is 2.64 bits per heavy atom. The molecule has 0 bridgehead atoms. The number of rotatable bonds is 6. The van der Waals surface area contributed by atoms with Crippen molar-refractivity contribution in [2.45, 2.75) is 32.7 Å². The fourth-order valence-electron chi connectivity index (χ4n) is 2.71. The number of hydrogen-bond acceptors (Lipinski definition) is 7. The van der Waals surface area contributed by atoms with Crippen LogP contribution in [0.2, 0.25) is 0 Å². The van der Waals surface area contributed by atoms with E-state index in [1.54, 1.807) is 10.9 Å². The Labute approximate surface area is 162 Å². The number of nitrogens with zero attached hydrogens (tertiary/aromatic N) is 6. The molecule has 8 heteroatoms. The molecule has 4 aromatic rings. The maximum Gasteiger partial charge on any atom is 0.258 e. The van der Waals surface area contributed by atoms with Crippen LogP contribution in [0, 0.1) is 0 Å². The zero-order valence-corrected chi connectivity index (χ0v) is 15.9. The molecular formula is C20H21N7O. The Bertz CT molecular complexity index is 1060. The first-order valence-corrected chi connectivity index (χ1v) is 9.14. The van der Waals surface area contributed by atoms with Gasteiger partial charge in [-0.1, -0.05) is 42.4 Å². The average molecular weight is 375 g/mol. The smallest absolute Gasteiger partial charge is 0.258 e. The quantitative estimate of drug-likeness (QED) is 0.544. The second kappa shape index (κ2) is 7.59. The van der Waals surface area contributed by atoms with Crippen LogP contribution in [0.15, 0.2) is 59.4 Å². The van der Waals surface area contributed by atoms with E-state index >= 15 is 0 Å². The summed E-state index contributed by atoms with van der Waals surface area (Å²) in [5.41, 5.74) is 2.60. The Kier molecular flexibility index (Phi) is 4.84. The van der Waals surface area contributed by atoms with Gasteiger partial charge in [0, 0.05) is 17.7 Å². The van der Waals surface area contributed by atoms with Gasteiger partial charge in [0.05, 0.1) is 17.9 Å². The molecule has 0 fully saturated rings. The highest BCUT2D eigenvalue weighted by atomic mass is 16.5. The minimum atomic E-state index is -0.0749. The number of nitrogens with one attached hydrogen (secondary N) is 1. The second-order valence-corrected chi connectivity index (χ2v) is 6.83. The molecule has 28 heavy (non-hydrogen) atoms. The van der Waals surface area contributed by atoms with Gasteiger partial charge in [0.25, 0.3) is 5.89 Å². The predicted octanol–water partition coefficient (Wildman–Crippen LogP) is 4.01. The van der Waals surface area contributed by atoms with Crippen LogP contribution < -0.4 is 5.32 Å². The van der Waals surface area contributed by atoms with Crippen LogP contribution in [0.1, 0.15) is 44.2 Å². The first-order chi connectivity index (χ1) is 13.6. The van der Waals surface area contributed by atoms with Crippen molar-refractivity contribution in [3.63, 3.8) is 0 Å². The monoisotopic (exact) mass is 375 g/mol. The number of benzene rings is 1. The van der Waals surface area contributed by atoms with Crippen molar-refractivity contribution >= 4 is 5.82 Å². The minimum absolute atomic E-state index is 0.0749. The Morgan fingerprint density at radius 2 is 1.89 bits per heavy atom. The van der Waals surface area contributed by atoms with Gasteiger partial charge in [0.1, 0.15) is 11.5 Å². The molecule has 3 heterocycles. The first-order valence-electron chi connectivity index (χ1n) is 9.14. The van der Waals surface area contributed by atoms with E-state index in [-0.39, 0.29) is 12.0 Å². The van der Waals surface area contributed by atoms with E-state index < -0.39 is 0 Å². The van der Waals surface area contributed by atoms with Gasteiger partial charge < -0.3 is 9.84 Å². The molecule has 1 aromatic carbocycles. The van der Waals surface area contributed by atoms with Gasteiger partial charge in [-0.3, -0.25) is 0 Å². The summed E-state index contributed by atoms with van der Waals surface area (Å²) in [6.45, 7) is 6.06. The largest absolute Gasteiger partial charge is 0.362 e. The number of pyridine rings is 1. The molecular weight excluding hydrogens is 354 g/mol. The highest BCUT2D eigenvalue weighted by molar-refractivity contribution is 5.58. The molecule has 1 unspecified atom stereocenters. The topological polar surface area (TPSA) is 94.6 Å². The van der Waals surface area contributed by atoms with E-state index in [2.05, 4.69) is 30.8 Å².